The van der Waals surface area contributed by atoms with Gasteiger partial charge >= 0.3 is 0 Å². The van der Waals surface area contributed by atoms with Crippen molar-refractivity contribution in [2.75, 3.05) is 13.7 Å². The van der Waals surface area contributed by atoms with E-state index in [9.17, 15) is 24.8 Å². The van der Waals surface area contributed by atoms with Crippen LogP contribution in [0.2, 0.25) is 0 Å². The summed E-state index contributed by atoms with van der Waals surface area (Å²) in [4.78, 5) is 2.21. The molecule has 0 radical (unpaired) electrons. The average molecular weight is 531 g/mol. The molecule has 3 aromatic rings. The minimum absolute atomic E-state index is 0.0536. The molecule has 0 bridgehead atoms. The van der Waals surface area contributed by atoms with E-state index in [0.717, 1.165) is 45.7 Å². The Balaban J connectivity index is 1.76. The van der Waals surface area contributed by atoms with Crippen LogP contribution in [0, 0.1) is 12.7 Å². The zero-order valence-electron chi connectivity index (χ0n) is 21.3. The molecule has 200 valence electrons. The maximum atomic E-state index is 13.4. The molecular formula is C29H35FO6S. The highest BCUT2D eigenvalue weighted by molar-refractivity contribution is 7.15. The highest BCUT2D eigenvalue weighted by atomic mass is 32.1. The predicted molar refractivity (Wildman–Crippen MR) is 141 cm³/mol. The summed E-state index contributed by atoms with van der Waals surface area (Å²) in [5.74, 6) is -1.98. The summed E-state index contributed by atoms with van der Waals surface area (Å²) in [6.45, 7) is 3.63. The zero-order valence-corrected chi connectivity index (χ0v) is 22.1. The Morgan fingerprint density at radius 3 is 2.43 bits per heavy atom. The molecule has 8 heteroatoms. The van der Waals surface area contributed by atoms with Crippen LogP contribution in [0.25, 0.3) is 10.4 Å². The number of rotatable bonds is 9. The Labute approximate surface area is 220 Å². The van der Waals surface area contributed by atoms with Crippen LogP contribution in [-0.2, 0) is 15.3 Å². The molecule has 2 heterocycles. The van der Waals surface area contributed by atoms with E-state index in [1.165, 1.54) is 19.2 Å². The molecule has 0 aliphatic carbocycles. The molecule has 0 saturated carbocycles. The lowest BCUT2D eigenvalue weighted by Crippen LogP contribution is -2.64. The topological polar surface area (TPSA) is 99.4 Å². The smallest absolute Gasteiger partial charge is 0.224 e. The summed E-state index contributed by atoms with van der Waals surface area (Å²) in [5, 5.41) is 41.5. The number of thiophene rings is 1. The van der Waals surface area contributed by atoms with Crippen molar-refractivity contribution in [1.82, 2.24) is 0 Å². The van der Waals surface area contributed by atoms with Crippen LogP contribution in [0.3, 0.4) is 0 Å². The van der Waals surface area contributed by atoms with Crippen LogP contribution >= 0.6 is 11.3 Å². The summed E-state index contributed by atoms with van der Waals surface area (Å²) in [6, 6.07) is 16.3. The Kier molecular flexibility index (Phi) is 8.81. The van der Waals surface area contributed by atoms with Gasteiger partial charge in [0, 0.05) is 28.3 Å². The van der Waals surface area contributed by atoms with E-state index >= 15 is 0 Å². The van der Waals surface area contributed by atoms with E-state index in [-0.39, 0.29) is 11.7 Å². The SMILES string of the molecule is CCCCC(c1ccc(-c2ccc(F)cc2)s1)c1cc(C2(OC)O[C@H](CO)[C@@H](O)[C@H](O)[C@H]2O)ccc1C. The number of ether oxygens (including phenoxy) is 2. The Bertz CT molecular complexity index is 1180. The normalized spacial score (nSPS) is 26.8. The van der Waals surface area contributed by atoms with Crippen LogP contribution in [-0.4, -0.2) is 58.6 Å². The maximum Gasteiger partial charge on any atom is 0.224 e. The Morgan fingerprint density at radius 2 is 1.78 bits per heavy atom. The molecule has 6 nitrogen and oxygen atoms in total. The number of methoxy groups -OCH3 is 1. The summed E-state index contributed by atoms with van der Waals surface area (Å²) in [6.07, 6.45) is -2.81. The van der Waals surface area contributed by atoms with Crippen LogP contribution in [0.15, 0.2) is 54.6 Å². The quantitative estimate of drug-likeness (QED) is 0.326. The van der Waals surface area contributed by atoms with Gasteiger partial charge in [-0.05, 0) is 60.4 Å². The number of aliphatic hydroxyl groups is 4. The first kappa shape index (κ1) is 27.9. The molecule has 1 fully saturated rings. The lowest BCUT2D eigenvalue weighted by molar-refractivity contribution is -0.366. The monoisotopic (exact) mass is 530 g/mol. The minimum atomic E-state index is -1.77. The third-order valence-electron chi connectivity index (χ3n) is 7.26. The number of aliphatic hydroxyl groups excluding tert-OH is 4. The summed E-state index contributed by atoms with van der Waals surface area (Å²) in [7, 11) is 1.37. The first-order chi connectivity index (χ1) is 17.7. The molecule has 0 amide bonds. The third-order valence-corrected chi connectivity index (χ3v) is 8.50. The van der Waals surface area contributed by atoms with Crippen molar-refractivity contribution in [3.05, 3.63) is 82.0 Å². The van der Waals surface area contributed by atoms with Crippen LogP contribution in [0.4, 0.5) is 4.39 Å². The average Bonchev–Trinajstić information content (AvgIpc) is 3.39. The fourth-order valence-corrected chi connectivity index (χ4v) is 6.24. The molecular weight excluding hydrogens is 495 g/mol. The van der Waals surface area contributed by atoms with Crippen molar-refractivity contribution >= 4 is 11.3 Å². The second kappa shape index (κ2) is 11.7. The van der Waals surface area contributed by atoms with E-state index in [2.05, 4.69) is 19.1 Å². The molecule has 2 unspecified atom stereocenters. The Morgan fingerprint density at radius 1 is 1.05 bits per heavy atom. The van der Waals surface area contributed by atoms with Crippen molar-refractivity contribution in [1.29, 1.82) is 0 Å². The number of unbranched alkanes of at least 4 members (excludes halogenated alkanes) is 1. The zero-order chi connectivity index (χ0) is 26.7. The number of aryl methyl sites for hydroxylation is 1. The van der Waals surface area contributed by atoms with Gasteiger partial charge in [-0.1, -0.05) is 44.0 Å². The number of halogens is 1. The van der Waals surface area contributed by atoms with Gasteiger partial charge in [0.2, 0.25) is 5.79 Å². The van der Waals surface area contributed by atoms with Gasteiger partial charge in [-0.2, -0.15) is 0 Å². The van der Waals surface area contributed by atoms with Crippen molar-refractivity contribution in [3.8, 4) is 10.4 Å². The number of hydrogen-bond donors (Lipinski definition) is 4. The summed E-state index contributed by atoms with van der Waals surface area (Å²) in [5.41, 5.74) is 3.53. The molecule has 4 N–H and O–H groups in total. The second-order valence-electron chi connectivity index (χ2n) is 9.61. The third kappa shape index (κ3) is 5.38. The van der Waals surface area contributed by atoms with E-state index in [4.69, 9.17) is 9.47 Å². The lowest BCUT2D eigenvalue weighted by Gasteiger charge is -2.47. The fourth-order valence-electron chi connectivity index (χ4n) is 5.07. The first-order valence-corrected chi connectivity index (χ1v) is 13.4. The highest BCUT2D eigenvalue weighted by Gasteiger charge is 2.55. The Hall–Kier alpha value is -2.17. The second-order valence-corrected chi connectivity index (χ2v) is 10.7. The van der Waals surface area contributed by atoms with Gasteiger partial charge in [0.05, 0.1) is 6.61 Å². The van der Waals surface area contributed by atoms with Gasteiger partial charge < -0.3 is 29.9 Å². The van der Waals surface area contributed by atoms with Gasteiger partial charge in [0.25, 0.3) is 0 Å². The fraction of sp³-hybridized carbons (Fsp3) is 0.448. The highest BCUT2D eigenvalue weighted by Crippen LogP contribution is 2.43. The summed E-state index contributed by atoms with van der Waals surface area (Å²) >= 11 is 1.67. The van der Waals surface area contributed by atoms with E-state index in [1.807, 2.05) is 19.1 Å². The minimum Gasteiger partial charge on any atom is -0.394 e. The number of benzene rings is 2. The number of hydrogen-bond acceptors (Lipinski definition) is 7. The molecule has 1 aromatic heterocycles. The van der Waals surface area contributed by atoms with Crippen LogP contribution in [0.5, 0.6) is 0 Å². The predicted octanol–water partition coefficient (Wildman–Crippen LogP) is 4.46. The van der Waals surface area contributed by atoms with Gasteiger partial charge in [0.15, 0.2) is 0 Å². The molecule has 2 aromatic carbocycles. The van der Waals surface area contributed by atoms with Crippen LogP contribution in [0.1, 0.15) is 53.7 Å². The maximum absolute atomic E-state index is 13.4. The standard InChI is InChI=1S/C29H35FO6S/c1-4-5-6-21(25-14-13-24(37-25)18-8-11-20(30)12-9-18)22-15-19(10-7-17(22)2)29(35-3)28(34)27(33)26(32)23(16-31)36-29/h7-15,21,23,26-28,31-34H,4-6,16H2,1-3H3/t21?,23-,26-,27+,28-,29?/m1/s1. The molecule has 6 atom stereocenters. The van der Waals surface area contributed by atoms with Gasteiger partial charge in [0.1, 0.15) is 30.2 Å². The van der Waals surface area contributed by atoms with Crippen molar-refractivity contribution in [2.45, 2.75) is 69.2 Å². The molecule has 1 aliphatic heterocycles. The molecule has 4 rings (SSSR count). The molecule has 37 heavy (non-hydrogen) atoms. The lowest BCUT2D eigenvalue weighted by atomic mass is 9.83. The van der Waals surface area contributed by atoms with E-state index in [0.29, 0.717) is 5.56 Å². The molecule has 0 spiro atoms. The van der Waals surface area contributed by atoms with Crippen molar-refractivity contribution in [2.24, 2.45) is 0 Å². The first-order valence-electron chi connectivity index (χ1n) is 12.6. The summed E-state index contributed by atoms with van der Waals surface area (Å²) < 4.78 is 25.0. The molecule has 1 saturated heterocycles. The largest absolute Gasteiger partial charge is 0.394 e. The molecule has 1 aliphatic rings. The van der Waals surface area contributed by atoms with Crippen molar-refractivity contribution < 1.29 is 34.3 Å². The van der Waals surface area contributed by atoms with Gasteiger partial charge in [-0.25, -0.2) is 4.39 Å². The van der Waals surface area contributed by atoms with E-state index < -0.39 is 36.8 Å². The van der Waals surface area contributed by atoms with Crippen molar-refractivity contribution in [3.63, 3.8) is 0 Å². The van der Waals surface area contributed by atoms with Gasteiger partial charge in [-0.15, -0.1) is 11.3 Å². The van der Waals surface area contributed by atoms with E-state index in [1.54, 1.807) is 29.5 Å². The van der Waals surface area contributed by atoms with Crippen LogP contribution < -0.4 is 0 Å². The van der Waals surface area contributed by atoms with Gasteiger partial charge in [-0.3, -0.25) is 0 Å².